The monoisotopic (exact) mass is 554 g/mol. The number of rotatable bonds is 11. The highest BCUT2D eigenvalue weighted by molar-refractivity contribution is 5.82. The summed E-state index contributed by atoms with van der Waals surface area (Å²) in [6.07, 6.45) is -1.08. The molecule has 0 radical (unpaired) electrons. The summed E-state index contributed by atoms with van der Waals surface area (Å²) < 4.78 is 42.3. The first-order chi connectivity index (χ1) is 19.0. The molecular formula is C28H33F3N8O. The van der Waals surface area contributed by atoms with Gasteiger partial charge in [-0.3, -0.25) is 9.98 Å². The second kappa shape index (κ2) is 12.3. The van der Waals surface area contributed by atoms with Gasteiger partial charge in [-0.25, -0.2) is 4.79 Å². The number of aryl methyl sites for hydroxylation is 1. The van der Waals surface area contributed by atoms with E-state index in [0.29, 0.717) is 59.5 Å². The Kier molecular flexibility index (Phi) is 8.90. The van der Waals surface area contributed by atoms with Gasteiger partial charge < -0.3 is 27.1 Å². The Morgan fingerprint density at radius 3 is 2.55 bits per heavy atom. The SMILES string of the molecule is C[C@@H](N)CCc1cc(-c2cc3cn(-c4ccc(CNCCCNC(=N)N)cc4)c(=O)nc3[nH]2)cc(C(F)(F)F)c1. The minimum absolute atomic E-state index is 0.0489. The van der Waals surface area contributed by atoms with Crippen LogP contribution in [0, 0.1) is 5.41 Å². The molecular weight excluding hydrogens is 521 g/mol. The maximum atomic E-state index is 13.6. The third kappa shape index (κ3) is 7.48. The number of nitrogens with one attached hydrogen (secondary N) is 4. The molecule has 40 heavy (non-hydrogen) atoms. The van der Waals surface area contributed by atoms with Crippen molar-refractivity contribution in [2.24, 2.45) is 11.5 Å². The molecule has 2 heterocycles. The molecule has 0 amide bonds. The van der Waals surface area contributed by atoms with Crippen LogP contribution in [0.25, 0.3) is 28.0 Å². The van der Waals surface area contributed by atoms with Crippen molar-refractivity contribution in [1.82, 2.24) is 25.2 Å². The highest BCUT2D eigenvalue weighted by atomic mass is 19.4. The van der Waals surface area contributed by atoms with Crippen LogP contribution in [0.4, 0.5) is 13.2 Å². The van der Waals surface area contributed by atoms with Crippen LogP contribution >= 0.6 is 0 Å². The predicted molar refractivity (Wildman–Crippen MR) is 150 cm³/mol. The van der Waals surface area contributed by atoms with Gasteiger partial charge in [0.25, 0.3) is 0 Å². The number of guanidine groups is 1. The van der Waals surface area contributed by atoms with E-state index in [1.165, 1.54) is 4.57 Å². The fourth-order valence-corrected chi connectivity index (χ4v) is 4.33. The summed E-state index contributed by atoms with van der Waals surface area (Å²) in [4.78, 5) is 19.9. The van der Waals surface area contributed by atoms with Gasteiger partial charge in [-0.1, -0.05) is 12.1 Å². The van der Waals surface area contributed by atoms with E-state index in [0.717, 1.165) is 30.7 Å². The van der Waals surface area contributed by atoms with Crippen LogP contribution in [0.1, 0.15) is 36.5 Å². The van der Waals surface area contributed by atoms with Crippen LogP contribution in [0.2, 0.25) is 0 Å². The van der Waals surface area contributed by atoms with E-state index in [9.17, 15) is 18.0 Å². The second-order valence-corrected chi connectivity index (χ2v) is 9.85. The normalized spacial score (nSPS) is 12.5. The number of aromatic nitrogens is 3. The molecule has 212 valence electrons. The molecule has 9 nitrogen and oxygen atoms in total. The van der Waals surface area contributed by atoms with Crippen molar-refractivity contribution in [3.8, 4) is 16.9 Å². The smallest absolute Gasteiger partial charge is 0.370 e. The lowest BCUT2D eigenvalue weighted by Crippen LogP contribution is -2.32. The molecule has 0 aliphatic heterocycles. The number of H-pyrrole nitrogens is 1. The fourth-order valence-electron chi connectivity index (χ4n) is 4.33. The fraction of sp³-hybridized carbons (Fsp3) is 0.321. The lowest BCUT2D eigenvalue weighted by atomic mass is 9.99. The van der Waals surface area contributed by atoms with Gasteiger partial charge in [-0.05, 0) is 85.8 Å². The molecule has 0 aliphatic rings. The number of aromatic amines is 1. The molecule has 0 saturated carbocycles. The quantitative estimate of drug-likeness (QED) is 0.0947. The van der Waals surface area contributed by atoms with Crippen molar-refractivity contribution in [3.05, 3.63) is 81.9 Å². The number of benzene rings is 2. The molecule has 2 aromatic carbocycles. The highest BCUT2D eigenvalue weighted by Crippen LogP contribution is 2.34. The van der Waals surface area contributed by atoms with Gasteiger partial charge in [0.1, 0.15) is 5.65 Å². The van der Waals surface area contributed by atoms with E-state index in [1.54, 1.807) is 18.3 Å². The van der Waals surface area contributed by atoms with Crippen molar-refractivity contribution in [1.29, 1.82) is 5.41 Å². The van der Waals surface area contributed by atoms with E-state index in [4.69, 9.17) is 16.9 Å². The summed E-state index contributed by atoms with van der Waals surface area (Å²) in [5.41, 5.74) is 13.1. The zero-order valence-electron chi connectivity index (χ0n) is 22.1. The lowest BCUT2D eigenvalue weighted by molar-refractivity contribution is -0.137. The molecule has 0 bridgehead atoms. The van der Waals surface area contributed by atoms with E-state index in [2.05, 4.69) is 20.6 Å². The minimum atomic E-state index is -4.50. The maximum absolute atomic E-state index is 13.6. The topological polar surface area (TPSA) is 151 Å². The summed E-state index contributed by atoms with van der Waals surface area (Å²) in [5.74, 6) is -0.0489. The molecule has 12 heteroatoms. The first-order valence-corrected chi connectivity index (χ1v) is 13.0. The van der Waals surface area contributed by atoms with Crippen LogP contribution in [0.3, 0.4) is 0 Å². The predicted octanol–water partition coefficient (Wildman–Crippen LogP) is 3.64. The maximum Gasteiger partial charge on any atom is 0.416 e. The van der Waals surface area contributed by atoms with Crippen LogP contribution in [0.15, 0.2) is 59.5 Å². The molecule has 0 spiro atoms. The van der Waals surface area contributed by atoms with Crippen LogP contribution in [-0.2, 0) is 19.1 Å². The van der Waals surface area contributed by atoms with Crippen LogP contribution < -0.4 is 27.8 Å². The largest absolute Gasteiger partial charge is 0.416 e. The Bertz CT molecular complexity index is 1520. The Labute approximate surface area is 229 Å². The van der Waals surface area contributed by atoms with Crippen molar-refractivity contribution in [3.63, 3.8) is 0 Å². The van der Waals surface area contributed by atoms with Gasteiger partial charge >= 0.3 is 11.9 Å². The van der Waals surface area contributed by atoms with Gasteiger partial charge in [-0.2, -0.15) is 18.2 Å². The number of halogens is 3. The lowest BCUT2D eigenvalue weighted by Gasteiger charge is -2.12. The van der Waals surface area contributed by atoms with Crippen molar-refractivity contribution < 1.29 is 13.2 Å². The van der Waals surface area contributed by atoms with E-state index in [-0.39, 0.29) is 12.0 Å². The van der Waals surface area contributed by atoms with Gasteiger partial charge in [0.2, 0.25) is 0 Å². The average Bonchev–Trinajstić information content (AvgIpc) is 3.31. The first kappa shape index (κ1) is 28.8. The Hall–Kier alpha value is -4.16. The van der Waals surface area contributed by atoms with Crippen molar-refractivity contribution >= 4 is 17.0 Å². The molecule has 2 aromatic heterocycles. The van der Waals surface area contributed by atoms with E-state index < -0.39 is 17.4 Å². The van der Waals surface area contributed by atoms with Crippen LogP contribution in [-0.4, -0.2) is 39.6 Å². The minimum Gasteiger partial charge on any atom is -0.370 e. The molecule has 0 unspecified atom stereocenters. The molecule has 1 atom stereocenters. The van der Waals surface area contributed by atoms with Gasteiger partial charge in [0.05, 0.1) is 11.3 Å². The third-order valence-electron chi connectivity index (χ3n) is 6.42. The van der Waals surface area contributed by atoms with Gasteiger partial charge in [0.15, 0.2) is 5.96 Å². The standard InChI is InChI=1S/C28H33F3N8O/c1-17(32)3-4-19-11-20(13-22(12-19)28(29,30)31)24-14-21-16-39(27(40)38-25(21)37-24)23-7-5-18(6-8-23)15-35-9-2-10-36-26(33)34/h5-8,11-14,16-17,35H,2-4,9-10,15,32H2,1H3,(H4,33,34,36)(H,37,38,40)/t17-/m1/s1. The Morgan fingerprint density at radius 2 is 1.88 bits per heavy atom. The van der Waals surface area contributed by atoms with Crippen molar-refractivity contribution in [2.75, 3.05) is 13.1 Å². The molecule has 4 aromatic rings. The second-order valence-electron chi connectivity index (χ2n) is 9.85. The zero-order chi connectivity index (χ0) is 28.9. The summed E-state index contributed by atoms with van der Waals surface area (Å²) in [5, 5.41) is 13.8. The zero-order valence-corrected chi connectivity index (χ0v) is 22.1. The van der Waals surface area contributed by atoms with E-state index >= 15 is 0 Å². The summed E-state index contributed by atoms with van der Waals surface area (Å²) in [7, 11) is 0. The number of fused-ring (bicyclic) bond motifs is 1. The summed E-state index contributed by atoms with van der Waals surface area (Å²) in [6.45, 7) is 3.81. The number of alkyl halides is 3. The number of hydrogen-bond acceptors (Lipinski definition) is 5. The molecule has 8 N–H and O–H groups in total. The number of hydrogen-bond donors (Lipinski definition) is 6. The van der Waals surface area contributed by atoms with E-state index in [1.807, 2.05) is 31.2 Å². The third-order valence-corrected chi connectivity index (χ3v) is 6.42. The molecule has 0 saturated heterocycles. The van der Waals surface area contributed by atoms with Gasteiger partial charge in [0, 0.05) is 36.4 Å². The number of nitrogens with zero attached hydrogens (tertiary/aromatic N) is 2. The Morgan fingerprint density at radius 1 is 1.12 bits per heavy atom. The van der Waals surface area contributed by atoms with Crippen molar-refractivity contribution in [2.45, 2.75) is 44.9 Å². The summed E-state index contributed by atoms with van der Waals surface area (Å²) >= 11 is 0. The Balaban J connectivity index is 1.54. The highest BCUT2D eigenvalue weighted by Gasteiger charge is 2.31. The number of nitrogens with two attached hydrogens (primary N) is 2. The molecule has 4 rings (SSSR count). The first-order valence-electron chi connectivity index (χ1n) is 13.0. The molecule has 0 aliphatic carbocycles. The average molecular weight is 555 g/mol. The van der Waals surface area contributed by atoms with Crippen LogP contribution in [0.5, 0.6) is 0 Å². The molecule has 0 fully saturated rings. The van der Waals surface area contributed by atoms with Gasteiger partial charge in [-0.15, -0.1) is 0 Å². The summed E-state index contributed by atoms with van der Waals surface area (Å²) in [6, 6.07) is 13.0.